The average molecular weight is 291 g/mol. The molecule has 0 atom stereocenters. The van der Waals surface area contributed by atoms with E-state index < -0.39 is 5.41 Å². The molecule has 6 heteroatoms. The van der Waals surface area contributed by atoms with E-state index in [0.717, 1.165) is 9.47 Å². The quantitative estimate of drug-likeness (QED) is 0.885. The highest BCUT2D eigenvalue weighted by molar-refractivity contribution is 9.10. The summed E-state index contributed by atoms with van der Waals surface area (Å²) in [7, 11) is 0. The molecule has 1 aromatic rings. The van der Waals surface area contributed by atoms with Gasteiger partial charge in [-0.2, -0.15) is 0 Å². The van der Waals surface area contributed by atoms with Gasteiger partial charge in [-0.3, -0.25) is 4.79 Å². The molecule has 1 aromatic heterocycles. The highest BCUT2D eigenvalue weighted by Gasteiger charge is 2.44. The summed E-state index contributed by atoms with van der Waals surface area (Å²) in [6.07, 6.45) is 0. The van der Waals surface area contributed by atoms with Crippen LogP contribution in [0.4, 0.5) is 5.00 Å². The molecule has 0 bridgehead atoms. The molecule has 1 aliphatic rings. The molecule has 2 rings (SSSR count). The van der Waals surface area contributed by atoms with Crippen molar-refractivity contribution in [1.29, 1.82) is 0 Å². The first-order valence-corrected chi connectivity index (χ1v) is 6.17. The van der Waals surface area contributed by atoms with Crippen LogP contribution in [0, 0.1) is 5.41 Å². The van der Waals surface area contributed by atoms with E-state index in [0.29, 0.717) is 19.8 Å². The molecule has 1 aliphatic heterocycles. The number of halogens is 1. The summed E-state index contributed by atoms with van der Waals surface area (Å²) in [6, 6.07) is 1.87. The van der Waals surface area contributed by atoms with Crippen LogP contribution in [0.2, 0.25) is 0 Å². The Kier molecular flexibility index (Phi) is 3.11. The van der Waals surface area contributed by atoms with Gasteiger partial charge in [0.25, 0.3) is 0 Å². The topological polar surface area (TPSA) is 64.4 Å². The van der Waals surface area contributed by atoms with Crippen LogP contribution >= 0.6 is 27.3 Å². The van der Waals surface area contributed by atoms with Crippen molar-refractivity contribution >= 4 is 38.2 Å². The number of hydrogen-bond donors (Lipinski definition) is 2. The lowest BCUT2D eigenvalue weighted by Gasteiger charge is -2.38. The molecule has 0 spiro atoms. The van der Waals surface area contributed by atoms with Gasteiger partial charge in [0.1, 0.15) is 5.41 Å². The Labute approximate surface area is 99.9 Å². The molecule has 15 heavy (non-hydrogen) atoms. The van der Waals surface area contributed by atoms with Crippen molar-refractivity contribution in [3.8, 4) is 0 Å². The molecular weight excluding hydrogens is 280 g/mol. The fourth-order valence-corrected chi connectivity index (χ4v) is 2.63. The number of nitrogens with two attached hydrogens (primary N) is 1. The Morgan fingerprint density at radius 1 is 1.73 bits per heavy atom. The predicted octanol–water partition coefficient (Wildman–Crippen LogP) is 1.42. The van der Waals surface area contributed by atoms with Crippen LogP contribution < -0.4 is 11.1 Å². The smallest absolute Gasteiger partial charge is 0.237 e. The van der Waals surface area contributed by atoms with Gasteiger partial charge in [0.05, 0.1) is 18.2 Å². The molecule has 0 radical (unpaired) electrons. The molecule has 0 unspecified atom stereocenters. The number of ether oxygens (including phenoxy) is 1. The average Bonchev–Trinajstić information content (AvgIpc) is 2.50. The summed E-state index contributed by atoms with van der Waals surface area (Å²) < 4.78 is 6.01. The van der Waals surface area contributed by atoms with Crippen molar-refractivity contribution in [2.45, 2.75) is 0 Å². The molecular formula is C9H11BrN2O2S. The van der Waals surface area contributed by atoms with Gasteiger partial charge in [0.2, 0.25) is 5.91 Å². The Balaban J connectivity index is 2.03. The number of hydrogen-bond acceptors (Lipinski definition) is 4. The Hall–Kier alpha value is -0.430. The summed E-state index contributed by atoms with van der Waals surface area (Å²) in [6.45, 7) is 1.16. The zero-order chi connectivity index (χ0) is 10.9. The van der Waals surface area contributed by atoms with E-state index in [1.807, 2.05) is 11.4 Å². The third-order valence-electron chi connectivity index (χ3n) is 2.43. The van der Waals surface area contributed by atoms with Crippen molar-refractivity contribution in [2.24, 2.45) is 11.1 Å². The first-order chi connectivity index (χ1) is 7.16. The lowest BCUT2D eigenvalue weighted by Crippen LogP contribution is -2.56. The lowest BCUT2D eigenvalue weighted by molar-refractivity contribution is -0.153. The van der Waals surface area contributed by atoms with E-state index in [2.05, 4.69) is 21.2 Å². The predicted molar refractivity (Wildman–Crippen MR) is 63.0 cm³/mol. The minimum absolute atomic E-state index is 0.0504. The van der Waals surface area contributed by atoms with Crippen LogP contribution in [0.1, 0.15) is 0 Å². The lowest BCUT2D eigenvalue weighted by atomic mass is 9.85. The molecule has 0 saturated carbocycles. The minimum atomic E-state index is -0.517. The minimum Gasteiger partial charge on any atom is -0.379 e. The van der Waals surface area contributed by atoms with E-state index in [1.54, 1.807) is 0 Å². The molecule has 4 nitrogen and oxygen atoms in total. The number of thiophene rings is 1. The highest BCUT2D eigenvalue weighted by atomic mass is 79.9. The number of carbonyl (C=O) groups excluding carboxylic acids is 1. The maximum absolute atomic E-state index is 11.9. The molecule has 1 fully saturated rings. The third-order valence-corrected chi connectivity index (χ3v) is 4.04. The normalized spacial score (nSPS) is 18.3. The van der Waals surface area contributed by atoms with E-state index in [4.69, 9.17) is 10.5 Å². The summed E-state index contributed by atoms with van der Waals surface area (Å²) in [5.41, 5.74) is 5.06. The summed E-state index contributed by atoms with van der Waals surface area (Å²) in [5.74, 6) is -0.0504. The van der Waals surface area contributed by atoms with Crippen molar-refractivity contribution in [3.63, 3.8) is 0 Å². The summed E-state index contributed by atoms with van der Waals surface area (Å²) >= 11 is 4.81. The van der Waals surface area contributed by atoms with Crippen LogP contribution in [-0.4, -0.2) is 25.7 Å². The maximum atomic E-state index is 11.9. The van der Waals surface area contributed by atoms with Gasteiger partial charge in [0, 0.05) is 16.4 Å². The molecule has 0 aromatic carbocycles. The number of rotatable bonds is 3. The Morgan fingerprint density at radius 3 is 2.87 bits per heavy atom. The zero-order valence-corrected chi connectivity index (χ0v) is 10.4. The number of amides is 1. The van der Waals surface area contributed by atoms with Gasteiger partial charge < -0.3 is 15.8 Å². The van der Waals surface area contributed by atoms with Gasteiger partial charge in [-0.15, -0.1) is 11.3 Å². The van der Waals surface area contributed by atoms with Gasteiger partial charge in [-0.1, -0.05) is 0 Å². The van der Waals surface area contributed by atoms with E-state index in [-0.39, 0.29) is 5.91 Å². The standard InChI is InChI=1S/C9H11BrN2O2S/c10-6-1-7(15-2-6)12-8(13)9(3-11)4-14-5-9/h1-2H,3-5,11H2,(H,12,13). The van der Waals surface area contributed by atoms with E-state index in [9.17, 15) is 4.79 Å². The molecule has 3 N–H and O–H groups in total. The van der Waals surface area contributed by atoms with Crippen molar-refractivity contribution in [3.05, 3.63) is 15.9 Å². The van der Waals surface area contributed by atoms with Crippen LogP contribution in [0.5, 0.6) is 0 Å². The second kappa shape index (κ2) is 4.21. The SMILES string of the molecule is NCC1(C(=O)Nc2cc(Br)cs2)COC1. The van der Waals surface area contributed by atoms with Crippen LogP contribution in [0.3, 0.4) is 0 Å². The molecule has 0 aliphatic carbocycles. The van der Waals surface area contributed by atoms with E-state index in [1.165, 1.54) is 11.3 Å². The van der Waals surface area contributed by atoms with Gasteiger partial charge >= 0.3 is 0 Å². The van der Waals surface area contributed by atoms with Crippen molar-refractivity contribution in [2.75, 3.05) is 25.1 Å². The van der Waals surface area contributed by atoms with Gasteiger partial charge in [0.15, 0.2) is 0 Å². The Bertz CT molecular complexity index is 370. The van der Waals surface area contributed by atoms with Crippen LogP contribution in [-0.2, 0) is 9.53 Å². The summed E-state index contributed by atoms with van der Waals surface area (Å²) in [5, 5.41) is 5.59. The molecule has 1 amide bonds. The van der Waals surface area contributed by atoms with Gasteiger partial charge in [-0.25, -0.2) is 0 Å². The van der Waals surface area contributed by atoms with Crippen molar-refractivity contribution in [1.82, 2.24) is 0 Å². The summed E-state index contributed by atoms with van der Waals surface area (Å²) in [4.78, 5) is 11.9. The molecule has 2 heterocycles. The first kappa shape index (κ1) is 11.1. The van der Waals surface area contributed by atoms with Gasteiger partial charge in [-0.05, 0) is 22.0 Å². The number of anilines is 1. The fraction of sp³-hybridized carbons (Fsp3) is 0.444. The third kappa shape index (κ3) is 2.08. The van der Waals surface area contributed by atoms with Crippen molar-refractivity contribution < 1.29 is 9.53 Å². The first-order valence-electron chi connectivity index (χ1n) is 4.50. The largest absolute Gasteiger partial charge is 0.379 e. The van der Waals surface area contributed by atoms with Crippen LogP contribution in [0.15, 0.2) is 15.9 Å². The maximum Gasteiger partial charge on any atom is 0.237 e. The van der Waals surface area contributed by atoms with E-state index >= 15 is 0 Å². The monoisotopic (exact) mass is 290 g/mol. The number of carbonyl (C=O) groups is 1. The Morgan fingerprint density at radius 2 is 2.47 bits per heavy atom. The molecule has 82 valence electrons. The molecule has 1 saturated heterocycles. The highest BCUT2D eigenvalue weighted by Crippen LogP contribution is 2.30. The second-order valence-corrected chi connectivity index (χ2v) is 5.39. The number of nitrogens with one attached hydrogen (secondary N) is 1. The zero-order valence-electron chi connectivity index (χ0n) is 7.96. The van der Waals surface area contributed by atoms with Crippen LogP contribution in [0.25, 0.3) is 0 Å². The second-order valence-electron chi connectivity index (χ2n) is 3.56. The fourth-order valence-electron chi connectivity index (χ4n) is 1.31.